The highest BCUT2D eigenvalue weighted by Gasteiger charge is 2.17. The zero-order valence-corrected chi connectivity index (χ0v) is 14.7. The zero-order chi connectivity index (χ0) is 17.8. The summed E-state index contributed by atoms with van der Waals surface area (Å²) in [5.41, 5.74) is 2.73. The Labute approximate surface area is 150 Å². The summed E-state index contributed by atoms with van der Waals surface area (Å²) in [7, 11) is 0. The van der Waals surface area contributed by atoms with Gasteiger partial charge in [0.2, 0.25) is 0 Å². The van der Waals surface area contributed by atoms with Gasteiger partial charge in [-0.3, -0.25) is 0 Å². The molecule has 0 fully saturated rings. The van der Waals surface area contributed by atoms with Gasteiger partial charge in [0, 0.05) is 11.8 Å². The van der Waals surface area contributed by atoms with Crippen LogP contribution in [-0.4, -0.2) is 25.7 Å². The molecule has 0 N–H and O–H groups in total. The van der Waals surface area contributed by atoms with Gasteiger partial charge >= 0.3 is 5.97 Å². The number of hydrogen-bond donors (Lipinski definition) is 0. The van der Waals surface area contributed by atoms with Crippen LogP contribution in [0.3, 0.4) is 0 Å². The van der Waals surface area contributed by atoms with Gasteiger partial charge in [0.15, 0.2) is 5.69 Å². The molecule has 0 aliphatic rings. The van der Waals surface area contributed by atoms with Crippen LogP contribution in [0.15, 0.2) is 42.6 Å². The van der Waals surface area contributed by atoms with E-state index < -0.39 is 5.97 Å². The highest BCUT2D eigenvalue weighted by molar-refractivity contribution is 6.30. The van der Waals surface area contributed by atoms with Crippen molar-refractivity contribution in [3.05, 3.63) is 76.1 Å². The van der Waals surface area contributed by atoms with E-state index in [9.17, 15) is 4.79 Å². The summed E-state index contributed by atoms with van der Waals surface area (Å²) >= 11 is 6.42. The van der Waals surface area contributed by atoms with E-state index in [1.165, 1.54) is 12.3 Å². The lowest BCUT2D eigenvalue weighted by Crippen LogP contribution is -2.09. The van der Waals surface area contributed by atoms with E-state index >= 15 is 0 Å². The van der Waals surface area contributed by atoms with Gasteiger partial charge in [-0.2, -0.15) is 5.10 Å². The molecule has 0 radical (unpaired) electrons. The molecule has 128 valence electrons. The Balaban J connectivity index is 1.72. The first-order valence-corrected chi connectivity index (χ1v) is 8.15. The molecule has 0 saturated heterocycles. The second-order valence-corrected chi connectivity index (χ2v) is 5.92. The molecule has 0 amide bonds. The second-order valence-electron chi connectivity index (χ2n) is 5.56. The maximum Gasteiger partial charge on any atom is 0.357 e. The fraction of sp³-hybridized carbons (Fsp3) is 0.222. The summed E-state index contributed by atoms with van der Waals surface area (Å²) in [4.78, 5) is 20.1. The van der Waals surface area contributed by atoms with Crippen molar-refractivity contribution < 1.29 is 9.53 Å². The molecule has 25 heavy (non-hydrogen) atoms. The van der Waals surface area contributed by atoms with Crippen LogP contribution in [0.5, 0.6) is 0 Å². The van der Waals surface area contributed by atoms with E-state index in [4.69, 9.17) is 16.3 Å². The summed E-state index contributed by atoms with van der Waals surface area (Å²) in [6.45, 7) is 4.15. The standard InChI is InChI=1S/C18H17ClN4O2/c1-12-15(11-25-18(24)16-8-9-20-13(2)21-16)17(19)23(22-12)10-14-6-4-3-5-7-14/h3-9H,10-11H2,1-2H3. The Hall–Kier alpha value is -2.73. The minimum atomic E-state index is -0.517. The zero-order valence-electron chi connectivity index (χ0n) is 13.9. The van der Waals surface area contributed by atoms with Gasteiger partial charge in [-0.1, -0.05) is 41.9 Å². The molecule has 1 aromatic carbocycles. The summed E-state index contributed by atoms with van der Waals surface area (Å²) in [5, 5.41) is 4.90. The topological polar surface area (TPSA) is 69.9 Å². The first-order valence-electron chi connectivity index (χ1n) is 7.77. The number of halogens is 1. The van der Waals surface area contributed by atoms with Crippen molar-refractivity contribution in [1.29, 1.82) is 0 Å². The average molecular weight is 357 g/mol. The van der Waals surface area contributed by atoms with Gasteiger partial charge in [0.25, 0.3) is 0 Å². The van der Waals surface area contributed by atoms with Crippen molar-refractivity contribution in [2.24, 2.45) is 0 Å². The first-order chi connectivity index (χ1) is 12.0. The first kappa shape index (κ1) is 17.1. The third kappa shape index (κ3) is 4.03. The van der Waals surface area contributed by atoms with Gasteiger partial charge < -0.3 is 4.74 Å². The number of aromatic nitrogens is 4. The monoisotopic (exact) mass is 356 g/mol. The van der Waals surface area contributed by atoms with Crippen molar-refractivity contribution in [2.75, 3.05) is 0 Å². The fourth-order valence-electron chi connectivity index (χ4n) is 2.40. The number of aryl methyl sites for hydroxylation is 2. The number of rotatable bonds is 5. The lowest BCUT2D eigenvalue weighted by Gasteiger charge is -2.06. The number of carbonyl (C=O) groups is 1. The Morgan fingerprint density at radius 1 is 1.20 bits per heavy atom. The van der Waals surface area contributed by atoms with Crippen LogP contribution in [0, 0.1) is 13.8 Å². The maximum atomic E-state index is 12.1. The SMILES string of the molecule is Cc1nccc(C(=O)OCc2c(C)nn(Cc3ccccc3)c2Cl)n1. The molecule has 0 saturated carbocycles. The Morgan fingerprint density at radius 3 is 2.68 bits per heavy atom. The summed E-state index contributed by atoms with van der Waals surface area (Å²) in [6, 6.07) is 11.4. The van der Waals surface area contributed by atoms with E-state index in [1.54, 1.807) is 11.6 Å². The molecule has 0 atom stereocenters. The summed E-state index contributed by atoms with van der Waals surface area (Å²) < 4.78 is 7.03. The highest BCUT2D eigenvalue weighted by Crippen LogP contribution is 2.22. The predicted octanol–water partition coefficient (Wildman–Crippen LogP) is 3.35. The van der Waals surface area contributed by atoms with Gasteiger partial charge in [0.1, 0.15) is 17.6 Å². The predicted molar refractivity (Wildman–Crippen MR) is 93.4 cm³/mol. The number of ether oxygens (including phenoxy) is 1. The van der Waals surface area contributed by atoms with Crippen LogP contribution in [-0.2, 0) is 17.9 Å². The lowest BCUT2D eigenvalue weighted by molar-refractivity contribution is 0.0464. The van der Waals surface area contributed by atoms with Crippen LogP contribution in [0.1, 0.15) is 33.1 Å². The van der Waals surface area contributed by atoms with Crippen LogP contribution in [0.2, 0.25) is 5.15 Å². The van der Waals surface area contributed by atoms with Crippen LogP contribution < -0.4 is 0 Å². The lowest BCUT2D eigenvalue weighted by atomic mass is 10.2. The van der Waals surface area contributed by atoms with Crippen molar-refractivity contribution in [1.82, 2.24) is 19.7 Å². The summed E-state index contributed by atoms with van der Waals surface area (Å²) in [5.74, 6) is -0.00359. The minimum absolute atomic E-state index is 0.0430. The highest BCUT2D eigenvalue weighted by atomic mass is 35.5. The van der Waals surface area contributed by atoms with Crippen LogP contribution in [0.4, 0.5) is 0 Å². The quantitative estimate of drug-likeness (QED) is 0.656. The Morgan fingerprint density at radius 2 is 1.96 bits per heavy atom. The fourth-order valence-corrected chi connectivity index (χ4v) is 2.69. The number of hydrogen-bond acceptors (Lipinski definition) is 5. The van der Waals surface area contributed by atoms with Gasteiger partial charge in [-0.05, 0) is 25.5 Å². The molecule has 0 aliphatic heterocycles. The number of nitrogens with zero attached hydrogens (tertiary/aromatic N) is 4. The van der Waals surface area contributed by atoms with E-state index in [1.807, 2.05) is 37.3 Å². The number of carbonyl (C=O) groups excluding carboxylic acids is 1. The largest absolute Gasteiger partial charge is 0.456 e. The van der Waals surface area contributed by atoms with Gasteiger partial charge in [0.05, 0.1) is 12.2 Å². The molecule has 7 heteroatoms. The third-order valence-electron chi connectivity index (χ3n) is 3.69. The van der Waals surface area contributed by atoms with Crippen molar-refractivity contribution in [2.45, 2.75) is 27.0 Å². The molecule has 0 bridgehead atoms. The summed E-state index contributed by atoms with van der Waals surface area (Å²) in [6.07, 6.45) is 1.52. The number of esters is 1. The molecule has 6 nitrogen and oxygen atoms in total. The Bertz CT molecular complexity index is 893. The maximum absolute atomic E-state index is 12.1. The van der Waals surface area contributed by atoms with Crippen LogP contribution >= 0.6 is 11.6 Å². The molecule has 3 rings (SSSR count). The van der Waals surface area contributed by atoms with Crippen molar-refractivity contribution in [3.63, 3.8) is 0 Å². The van der Waals surface area contributed by atoms with Gasteiger partial charge in [-0.15, -0.1) is 0 Å². The average Bonchev–Trinajstić information content (AvgIpc) is 2.87. The second kappa shape index (κ2) is 7.44. The van der Waals surface area contributed by atoms with E-state index in [-0.39, 0.29) is 12.3 Å². The molecule has 2 heterocycles. The van der Waals surface area contributed by atoms with E-state index in [0.717, 1.165) is 11.3 Å². The van der Waals surface area contributed by atoms with Gasteiger partial charge in [-0.25, -0.2) is 19.4 Å². The molecule has 2 aromatic heterocycles. The Kier molecular flexibility index (Phi) is 5.09. The smallest absolute Gasteiger partial charge is 0.357 e. The normalized spacial score (nSPS) is 10.7. The molecular weight excluding hydrogens is 340 g/mol. The molecule has 0 aliphatic carbocycles. The minimum Gasteiger partial charge on any atom is -0.456 e. The third-order valence-corrected chi connectivity index (χ3v) is 4.11. The molecule has 0 spiro atoms. The number of benzene rings is 1. The van der Waals surface area contributed by atoms with E-state index in [2.05, 4.69) is 15.1 Å². The molecule has 3 aromatic rings. The molecule has 0 unspecified atom stereocenters. The molecular formula is C18H17ClN4O2. The van der Waals surface area contributed by atoms with E-state index in [0.29, 0.717) is 23.1 Å². The van der Waals surface area contributed by atoms with Crippen molar-refractivity contribution in [3.8, 4) is 0 Å². The van der Waals surface area contributed by atoms with Crippen molar-refractivity contribution >= 4 is 17.6 Å². The van der Waals surface area contributed by atoms with Crippen LogP contribution in [0.25, 0.3) is 0 Å².